The van der Waals surface area contributed by atoms with Crippen LogP contribution in [0.3, 0.4) is 0 Å². The molecule has 31 heavy (non-hydrogen) atoms. The molecule has 5 rings (SSSR count). The van der Waals surface area contributed by atoms with Gasteiger partial charge in [-0.2, -0.15) is 0 Å². The maximum Gasteiger partial charge on any atom is 0.227 e. The lowest BCUT2D eigenvalue weighted by Gasteiger charge is -2.22. The first-order valence-corrected chi connectivity index (χ1v) is 10.8. The van der Waals surface area contributed by atoms with Crippen molar-refractivity contribution in [1.29, 1.82) is 0 Å². The lowest BCUT2D eigenvalue weighted by molar-refractivity contribution is -0.126. The van der Waals surface area contributed by atoms with Gasteiger partial charge in [0.05, 0.1) is 5.92 Å². The molecule has 0 bridgehead atoms. The van der Waals surface area contributed by atoms with E-state index in [1.165, 1.54) is 12.8 Å². The maximum absolute atomic E-state index is 12.7. The Morgan fingerprint density at radius 3 is 2.68 bits per heavy atom. The number of amides is 2. The van der Waals surface area contributed by atoms with Gasteiger partial charge in [-0.3, -0.25) is 9.59 Å². The summed E-state index contributed by atoms with van der Waals surface area (Å²) in [6, 6.07) is 9.46. The Bertz CT molecular complexity index is 972. The smallest absolute Gasteiger partial charge is 0.227 e. The van der Waals surface area contributed by atoms with E-state index in [9.17, 15) is 9.59 Å². The van der Waals surface area contributed by atoms with Crippen LogP contribution in [0.1, 0.15) is 24.8 Å². The van der Waals surface area contributed by atoms with Crippen molar-refractivity contribution in [3.63, 3.8) is 0 Å². The Balaban J connectivity index is 1.17. The topological polar surface area (TPSA) is 84.0 Å². The van der Waals surface area contributed by atoms with Gasteiger partial charge in [0.15, 0.2) is 11.5 Å². The number of carbonyl (C=O) groups is 2. The van der Waals surface area contributed by atoms with E-state index in [0.29, 0.717) is 37.8 Å². The third kappa shape index (κ3) is 4.15. The number of aromatic nitrogens is 1. The quantitative estimate of drug-likeness (QED) is 0.795. The van der Waals surface area contributed by atoms with Gasteiger partial charge in [-0.1, -0.05) is 6.07 Å². The first-order valence-electron chi connectivity index (χ1n) is 10.8. The van der Waals surface area contributed by atoms with Crippen LogP contribution in [0.5, 0.6) is 11.5 Å². The van der Waals surface area contributed by atoms with Crippen LogP contribution in [-0.2, 0) is 16.1 Å². The fourth-order valence-electron chi connectivity index (χ4n) is 4.32. The highest BCUT2D eigenvalue weighted by atomic mass is 16.6. The van der Waals surface area contributed by atoms with E-state index >= 15 is 0 Å². The summed E-state index contributed by atoms with van der Waals surface area (Å²) in [5.74, 6) is 1.75. The molecule has 8 heteroatoms. The van der Waals surface area contributed by atoms with E-state index in [1.807, 2.05) is 30.5 Å². The number of ether oxygens (including phenoxy) is 2. The number of pyridine rings is 1. The van der Waals surface area contributed by atoms with Crippen molar-refractivity contribution < 1.29 is 19.1 Å². The molecule has 3 aliphatic rings. The number of nitrogens with zero attached hydrogens (tertiary/aromatic N) is 3. The van der Waals surface area contributed by atoms with Crippen LogP contribution in [0.15, 0.2) is 36.5 Å². The third-order valence-electron chi connectivity index (χ3n) is 6.04. The van der Waals surface area contributed by atoms with Crippen LogP contribution in [0, 0.1) is 5.92 Å². The Morgan fingerprint density at radius 2 is 1.90 bits per heavy atom. The van der Waals surface area contributed by atoms with E-state index in [-0.39, 0.29) is 24.2 Å². The standard InChI is InChI=1S/C23H26N4O4/c28-22-11-17(15-27(22)18-4-5-19-20(12-18)31-10-9-30-19)23(29)25-14-16-3-6-21(24-13-16)26-7-1-2-8-26/h3-6,12-13,17H,1-2,7-11,14-15H2,(H,25,29)/t17-/m1/s1. The molecule has 1 atom stereocenters. The van der Waals surface area contributed by atoms with Crippen LogP contribution in [-0.4, -0.2) is 49.6 Å². The maximum atomic E-state index is 12.7. The highest BCUT2D eigenvalue weighted by Gasteiger charge is 2.35. The lowest BCUT2D eigenvalue weighted by Crippen LogP contribution is -2.32. The van der Waals surface area contributed by atoms with E-state index in [1.54, 1.807) is 11.0 Å². The van der Waals surface area contributed by atoms with Gasteiger partial charge in [0, 0.05) is 50.6 Å². The van der Waals surface area contributed by atoms with Crippen molar-refractivity contribution in [2.75, 3.05) is 42.6 Å². The number of hydrogen-bond donors (Lipinski definition) is 1. The Hall–Kier alpha value is -3.29. The summed E-state index contributed by atoms with van der Waals surface area (Å²) in [7, 11) is 0. The first kappa shape index (κ1) is 19.7. The summed E-state index contributed by atoms with van der Waals surface area (Å²) in [4.78, 5) is 33.7. The molecule has 1 N–H and O–H groups in total. The second kappa shape index (κ2) is 8.45. The Morgan fingerprint density at radius 1 is 1.10 bits per heavy atom. The summed E-state index contributed by atoms with van der Waals surface area (Å²) in [5, 5.41) is 2.96. The van der Waals surface area contributed by atoms with Gasteiger partial charge in [0.25, 0.3) is 0 Å². The molecule has 0 radical (unpaired) electrons. The van der Waals surface area contributed by atoms with Crippen molar-refractivity contribution in [2.45, 2.75) is 25.8 Å². The van der Waals surface area contributed by atoms with Crippen LogP contribution in [0.2, 0.25) is 0 Å². The molecule has 2 amide bonds. The molecule has 3 aliphatic heterocycles. The number of hydrogen-bond acceptors (Lipinski definition) is 6. The van der Waals surface area contributed by atoms with E-state index in [0.717, 1.165) is 30.2 Å². The van der Waals surface area contributed by atoms with Gasteiger partial charge in [-0.15, -0.1) is 0 Å². The molecular formula is C23H26N4O4. The van der Waals surface area contributed by atoms with E-state index in [4.69, 9.17) is 9.47 Å². The van der Waals surface area contributed by atoms with Crippen molar-refractivity contribution in [3.8, 4) is 11.5 Å². The predicted molar refractivity (Wildman–Crippen MR) is 115 cm³/mol. The number of benzene rings is 1. The Kier molecular flexibility index (Phi) is 5.36. The average Bonchev–Trinajstić information content (AvgIpc) is 3.48. The molecule has 1 aromatic heterocycles. The average molecular weight is 422 g/mol. The predicted octanol–water partition coefficient (Wildman–Crippen LogP) is 2.12. The molecule has 0 unspecified atom stereocenters. The fourth-order valence-corrected chi connectivity index (χ4v) is 4.32. The molecule has 2 aromatic rings. The molecule has 1 aromatic carbocycles. The van der Waals surface area contributed by atoms with Crippen LogP contribution >= 0.6 is 0 Å². The Labute approximate surface area is 181 Å². The zero-order valence-corrected chi connectivity index (χ0v) is 17.4. The molecule has 0 saturated carbocycles. The summed E-state index contributed by atoms with van der Waals surface area (Å²) in [6.07, 6.45) is 4.44. The molecular weight excluding hydrogens is 396 g/mol. The van der Waals surface area contributed by atoms with Crippen LogP contribution in [0.25, 0.3) is 0 Å². The van der Waals surface area contributed by atoms with Crippen molar-refractivity contribution in [1.82, 2.24) is 10.3 Å². The van der Waals surface area contributed by atoms with Gasteiger partial charge >= 0.3 is 0 Å². The van der Waals surface area contributed by atoms with Crippen LogP contribution < -0.4 is 24.6 Å². The molecule has 2 fully saturated rings. The summed E-state index contributed by atoms with van der Waals surface area (Å²) >= 11 is 0. The third-order valence-corrected chi connectivity index (χ3v) is 6.04. The molecule has 8 nitrogen and oxygen atoms in total. The molecule has 4 heterocycles. The highest BCUT2D eigenvalue weighted by molar-refractivity contribution is 6.00. The van der Waals surface area contributed by atoms with E-state index < -0.39 is 0 Å². The summed E-state index contributed by atoms with van der Waals surface area (Å²) in [5.41, 5.74) is 1.68. The number of nitrogens with one attached hydrogen (secondary N) is 1. The van der Waals surface area contributed by atoms with Crippen molar-refractivity contribution >= 4 is 23.3 Å². The monoisotopic (exact) mass is 422 g/mol. The lowest BCUT2D eigenvalue weighted by atomic mass is 10.1. The van der Waals surface area contributed by atoms with Gasteiger partial charge in [-0.25, -0.2) is 4.98 Å². The van der Waals surface area contributed by atoms with Gasteiger partial charge in [-0.05, 0) is 36.6 Å². The minimum absolute atomic E-state index is 0.0616. The zero-order valence-electron chi connectivity index (χ0n) is 17.4. The van der Waals surface area contributed by atoms with Gasteiger partial charge in [0.2, 0.25) is 11.8 Å². The number of rotatable bonds is 5. The van der Waals surface area contributed by atoms with Crippen molar-refractivity contribution in [3.05, 3.63) is 42.1 Å². The summed E-state index contributed by atoms with van der Waals surface area (Å²) in [6.45, 7) is 3.88. The number of fused-ring (bicyclic) bond motifs is 1. The van der Waals surface area contributed by atoms with Gasteiger partial charge in [0.1, 0.15) is 19.0 Å². The molecule has 2 saturated heterocycles. The molecule has 0 spiro atoms. The number of carbonyl (C=O) groups excluding carboxylic acids is 2. The van der Waals surface area contributed by atoms with E-state index in [2.05, 4.69) is 15.2 Å². The zero-order chi connectivity index (χ0) is 21.2. The van der Waals surface area contributed by atoms with Crippen LogP contribution in [0.4, 0.5) is 11.5 Å². The molecule has 0 aliphatic carbocycles. The summed E-state index contributed by atoms with van der Waals surface area (Å²) < 4.78 is 11.1. The second-order valence-electron chi connectivity index (χ2n) is 8.17. The largest absolute Gasteiger partial charge is 0.486 e. The molecule has 162 valence electrons. The normalized spacial score (nSPS) is 20.3. The minimum atomic E-state index is -0.377. The fraction of sp³-hybridized carbons (Fsp3) is 0.435. The first-order chi connectivity index (χ1) is 15.2. The number of anilines is 2. The SMILES string of the molecule is O=C(NCc1ccc(N2CCCC2)nc1)[C@@H]1CC(=O)N(c2ccc3c(c2)OCCO3)C1. The second-order valence-corrected chi connectivity index (χ2v) is 8.17. The van der Waals surface area contributed by atoms with Gasteiger partial charge < -0.3 is 24.6 Å². The highest BCUT2D eigenvalue weighted by Crippen LogP contribution is 2.36. The minimum Gasteiger partial charge on any atom is -0.486 e. The van der Waals surface area contributed by atoms with Crippen molar-refractivity contribution in [2.24, 2.45) is 5.92 Å².